The third-order valence-corrected chi connectivity index (χ3v) is 8.43. The molecule has 36 heavy (non-hydrogen) atoms. The van der Waals surface area contributed by atoms with Crippen LogP contribution in [0.4, 0.5) is 0 Å². The first-order chi connectivity index (χ1) is 17.4. The molecule has 0 aromatic rings. The minimum atomic E-state index is -0.285. The first-order valence-electron chi connectivity index (χ1n) is 13.9. The number of esters is 3. The molecule has 8 heteroatoms. The van der Waals surface area contributed by atoms with E-state index >= 15 is 0 Å². The van der Waals surface area contributed by atoms with Gasteiger partial charge < -0.3 is 18.9 Å². The maximum absolute atomic E-state index is 12.5. The third-order valence-electron chi connectivity index (χ3n) is 8.43. The summed E-state index contributed by atoms with van der Waals surface area (Å²) >= 11 is 0. The summed E-state index contributed by atoms with van der Waals surface area (Å²) in [6, 6.07) is 0. The number of carbonyl (C=O) groups excluding carboxylic acids is 4. The SMILES string of the molecule is COCC1CCC(COC(=O)C2CCC(C(=O)OCCOC(=O)C3CCC(C(C)=O)CC3)CC2)CC1. The van der Waals surface area contributed by atoms with Crippen LogP contribution in [0.5, 0.6) is 0 Å². The highest BCUT2D eigenvalue weighted by Crippen LogP contribution is 2.33. The van der Waals surface area contributed by atoms with Gasteiger partial charge in [-0.05, 0) is 95.8 Å². The molecular formula is C28H44O8. The van der Waals surface area contributed by atoms with E-state index in [0.717, 1.165) is 45.1 Å². The van der Waals surface area contributed by atoms with Crippen LogP contribution in [0, 0.1) is 35.5 Å². The summed E-state index contributed by atoms with van der Waals surface area (Å²) < 4.78 is 21.5. The van der Waals surface area contributed by atoms with Crippen molar-refractivity contribution in [2.24, 2.45) is 35.5 Å². The van der Waals surface area contributed by atoms with Gasteiger partial charge in [0, 0.05) is 19.6 Å². The number of methoxy groups -OCH3 is 1. The van der Waals surface area contributed by atoms with Crippen LogP contribution in [0.15, 0.2) is 0 Å². The largest absolute Gasteiger partial charge is 0.465 e. The van der Waals surface area contributed by atoms with Crippen molar-refractivity contribution in [2.45, 2.75) is 84.0 Å². The number of hydrogen-bond donors (Lipinski definition) is 0. The Morgan fingerprint density at radius 3 is 1.28 bits per heavy atom. The Bertz CT molecular complexity index is 726. The highest BCUT2D eigenvalue weighted by molar-refractivity contribution is 5.79. The highest BCUT2D eigenvalue weighted by Gasteiger charge is 2.33. The first-order valence-corrected chi connectivity index (χ1v) is 13.9. The number of ketones is 1. The van der Waals surface area contributed by atoms with Gasteiger partial charge >= 0.3 is 17.9 Å². The maximum Gasteiger partial charge on any atom is 0.309 e. The minimum absolute atomic E-state index is 0.0436. The second-order valence-corrected chi connectivity index (χ2v) is 11.0. The van der Waals surface area contributed by atoms with E-state index in [0.29, 0.717) is 57.0 Å². The van der Waals surface area contributed by atoms with Crippen molar-refractivity contribution < 1.29 is 38.1 Å². The van der Waals surface area contributed by atoms with Crippen molar-refractivity contribution in [2.75, 3.05) is 33.5 Å². The van der Waals surface area contributed by atoms with Crippen molar-refractivity contribution in [1.29, 1.82) is 0 Å². The zero-order chi connectivity index (χ0) is 25.9. The molecule has 0 amide bonds. The number of hydrogen-bond acceptors (Lipinski definition) is 8. The van der Waals surface area contributed by atoms with Crippen molar-refractivity contribution in [3.63, 3.8) is 0 Å². The van der Waals surface area contributed by atoms with E-state index in [1.807, 2.05) is 0 Å². The molecule has 3 aliphatic carbocycles. The normalized spacial score (nSPS) is 30.7. The average Bonchev–Trinajstić information content (AvgIpc) is 2.90. The fourth-order valence-electron chi connectivity index (χ4n) is 5.94. The molecule has 0 unspecified atom stereocenters. The van der Waals surface area contributed by atoms with Gasteiger partial charge in [-0.25, -0.2) is 0 Å². The lowest BCUT2D eigenvalue weighted by Crippen LogP contribution is -2.30. The molecule has 0 spiro atoms. The smallest absolute Gasteiger partial charge is 0.309 e. The van der Waals surface area contributed by atoms with E-state index in [2.05, 4.69) is 0 Å². The molecule has 0 saturated heterocycles. The molecule has 3 saturated carbocycles. The van der Waals surface area contributed by atoms with Crippen molar-refractivity contribution in [3.8, 4) is 0 Å². The number of carbonyl (C=O) groups is 4. The monoisotopic (exact) mass is 508 g/mol. The van der Waals surface area contributed by atoms with Gasteiger partial charge in [0.25, 0.3) is 0 Å². The van der Waals surface area contributed by atoms with Crippen LogP contribution in [0.25, 0.3) is 0 Å². The Morgan fingerprint density at radius 2 is 0.889 bits per heavy atom. The molecular weight excluding hydrogens is 464 g/mol. The Balaban J connectivity index is 1.23. The van der Waals surface area contributed by atoms with E-state index < -0.39 is 0 Å². The Kier molecular flexibility index (Phi) is 11.7. The second kappa shape index (κ2) is 14.7. The predicted octanol–water partition coefficient (Wildman–Crippen LogP) is 4.27. The Hall–Kier alpha value is -1.96. The van der Waals surface area contributed by atoms with E-state index in [4.69, 9.17) is 18.9 Å². The zero-order valence-electron chi connectivity index (χ0n) is 22.0. The number of rotatable bonds is 11. The zero-order valence-corrected chi connectivity index (χ0v) is 22.0. The molecule has 204 valence electrons. The van der Waals surface area contributed by atoms with Crippen LogP contribution in [0.2, 0.25) is 0 Å². The Labute approximate surface area is 215 Å². The summed E-state index contributed by atoms with van der Waals surface area (Å²) in [7, 11) is 1.74. The highest BCUT2D eigenvalue weighted by atomic mass is 16.6. The molecule has 0 heterocycles. The number of Topliss-reactive ketones (excluding diaryl/α,β-unsaturated/α-hetero) is 1. The Morgan fingerprint density at radius 1 is 0.528 bits per heavy atom. The fourth-order valence-corrected chi connectivity index (χ4v) is 5.94. The van der Waals surface area contributed by atoms with Gasteiger partial charge in [-0.1, -0.05) is 0 Å². The first kappa shape index (κ1) is 28.6. The summed E-state index contributed by atoms with van der Waals surface area (Å²) in [4.78, 5) is 48.6. The summed E-state index contributed by atoms with van der Waals surface area (Å²) in [6.45, 7) is 3.01. The van der Waals surface area contributed by atoms with Gasteiger partial charge in [0.1, 0.15) is 19.0 Å². The van der Waals surface area contributed by atoms with Crippen molar-refractivity contribution >= 4 is 23.7 Å². The van der Waals surface area contributed by atoms with Gasteiger partial charge in [-0.3, -0.25) is 19.2 Å². The standard InChI is InChI=1S/C28H44O8/c1-19(29)22-7-9-23(10-8-22)26(30)34-15-16-35-27(31)24-11-13-25(14-12-24)28(32)36-18-21-5-3-20(4-6-21)17-33-2/h20-25H,3-18H2,1-2H3. The molecule has 8 nitrogen and oxygen atoms in total. The van der Waals surface area contributed by atoms with Crippen LogP contribution in [-0.4, -0.2) is 57.2 Å². The lowest BCUT2D eigenvalue weighted by molar-refractivity contribution is -0.160. The van der Waals surface area contributed by atoms with Crippen LogP contribution in [0.3, 0.4) is 0 Å². The third kappa shape index (κ3) is 8.86. The average molecular weight is 509 g/mol. The summed E-state index contributed by atoms with van der Waals surface area (Å²) in [5.41, 5.74) is 0. The van der Waals surface area contributed by atoms with Gasteiger partial charge in [-0.2, -0.15) is 0 Å². The molecule has 3 rings (SSSR count). The molecule has 3 aliphatic rings. The molecule has 0 N–H and O–H groups in total. The van der Waals surface area contributed by atoms with Crippen LogP contribution < -0.4 is 0 Å². The minimum Gasteiger partial charge on any atom is -0.465 e. The molecule has 0 aromatic carbocycles. The van der Waals surface area contributed by atoms with E-state index in [-0.39, 0.29) is 60.6 Å². The second-order valence-electron chi connectivity index (χ2n) is 11.0. The molecule has 0 aliphatic heterocycles. The molecule has 0 aromatic heterocycles. The van der Waals surface area contributed by atoms with Gasteiger partial charge in [-0.15, -0.1) is 0 Å². The molecule has 0 bridgehead atoms. The lowest BCUT2D eigenvalue weighted by atomic mass is 9.80. The van der Waals surface area contributed by atoms with Gasteiger partial charge in [0.05, 0.1) is 24.4 Å². The molecule has 0 radical (unpaired) electrons. The van der Waals surface area contributed by atoms with Crippen LogP contribution >= 0.6 is 0 Å². The van der Waals surface area contributed by atoms with Crippen LogP contribution in [0.1, 0.15) is 84.0 Å². The van der Waals surface area contributed by atoms with Crippen molar-refractivity contribution in [1.82, 2.24) is 0 Å². The van der Waals surface area contributed by atoms with E-state index in [1.54, 1.807) is 14.0 Å². The fraction of sp³-hybridized carbons (Fsp3) is 0.857. The van der Waals surface area contributed by atoms with E-state index in [1.165, 1.54) is 0 Å². The van der Waals surface area contributed by atoms with E-state index in [9.17, 15) is 19.2 Å². The summed E-state index contributed by atoms with van der Waals surface area (Å²) in [5.74, 6) is 0.111. The van der Waals surface area contributed by atoms with Crippen molar-refractivity contribution in [3.05, 3.63) is 0 Å². The maximum atomic E-state index is 12.5. The predicted molar refractivity (Wildman–Crippen MR) is 132 cm³/mol. The topological polar surface area (TPSA) is 105 Å². The van der Waals surface area contributed by atoms with Gasteiger partial charge in [0.2, 0.25) is 0 Å². The lowest BCUT2D eigenvalue weighted by Gasteiger charge is -2.29. The molecule has 0 atom stereocenters. The summed E-state index contributed by atoms with van der Waals surface area (Å²) in [5, 5.41) is 0. The van der Waals surface area contributed by atoms with Gasteiger partial charge in [0.15, 0.2) is 0 Å². The number of ether oxygens (including phenoxy) is 4. The molecule has 3 fully saturated rings. The quantitative estimate of drug-likeness (QED) is 0.231. The summed E-state index contributed by atoms with van der Waals surface area (Å²) in [6.07, 6.45) is 9.72. The van der Waals surface area contributed by atoms with Crippen LogP contribution in [-0.2, 0) is 38.1 Å².